The van der Waals surface area contributed by atoms with Gasteiger partial charge in [-0.15, -0.1) is 0 Å². The van der Waals surface area contributed by atoms with E-state index in [0.717, 1.165) is 0 Å². The monoisotopic (exact) mass is 118 g/mol. The summed E-state index contributed by atoms with van der Waals surface area (Å²) in [6.45, 7) is 0. The smallest absolute Gasteiger partial charge is 0.106 e. The Kier molecular flexibility index (Phi) is 1.51. The van der Waals surface area contributed by atoms with Gasteiger partial charge in [-0.1, -0.05) is 0 Å². The molecule has 0 aromatic rings. The fourth-order valence-electron chi connectivity index (χ4n) is 0.939. The molecule has 0 amide bonds. The van der Waals surface area contributed by atoms with Crippen molar-refractivity contribution in [1.29, 1.82) is 0 Å². The second-order valence-corrected chi connectivity index (χ2v) is 2.20. The molecule has 0 aromatic heterocycles. The van der Waals surface area contributed by atoms with Crippen molar-refractivity contribution in [2.45, 2.75) is 31.2 Å². The summed E-state index contributed by atoms with van der Waals surface area (Å²) in [5.41, 5.74) is 0. The van der Waals surface area contributed by atoms with Gasteiger partial charge in [0.15, 0.2) is 0 Å². The van der Waals surface area contributed by atoms with Gasteiger partial charge in [0, 0.05) is 0 Å². The minimum Gasteiger partial charge on any atom is -0.390 e. The molecule has 3 atom stereocenters. The first kappa shape index (κ1) is 6.01. The van der Waals surface area contributed by atoms with E-state index in [1.165, 1.54) is 0 Å². The van der Waals surface area contributed by atoms with Gasteiger partial charge >= 0.3 is 0 Å². The Morgan fingerprint density at radius 1 is 0.875 bits per heavy atom. The molecule has 0 heterocycles. The molecule has 1 rings (SSSR count). The van der Waals surface area contributed by atoms with E-state index in [9.17, 15) is 0 Å². The molecule has 48 valence electrons. The lowest BCUT2D eigenvalue weighted by Gasteiger charge is -2.08. The van der Waals surface area contributed by atoms with Crippen molar-refractivity contribution in [3.8, 4) is 0 Å². The fraction of sp³-hybridized carbons (Fsp3) is 1.00. The van der Waals surface area contributed by atoms with Crippen molar-refractivity contribution < 1.29 is 15.3 Å². The summed E-state index contributed by atoms with van der Waals surface area (Å²) in [6, 6.07) is 0. The quantitative estimate of drug-likeness (QED) is 0.377. The summed E-state index contributed by atoms with van der Waals surface area (Å²) in [5.74, 6) is 0. The Hall–Kier alpha value is -0.120. The van der Waals surface area contributed by atoms with Crippen molar-refractivity contribution in [3.63, 3.8) is 0 Å². The van der Waals surface area contributed by atoms with Crippen LogP contribution >= 0.6 is 0 Å². The summed E-state index contributed by atoms with van der Waals surface area (Å²) in [6.07, 6.45) is -1.28. The van der Waals surface area contributed by atoms with Crippen molar-refractivity contribution in [1.82, 2.24) is 0 Å². The third kappa shape index (κ3) is 0.844. The van der Waals surface area contributed by atoms with Crippen LogP contribution < -0.4 is 0 Å². The van der Waals surface area contributed by atoms with Gasteiger partial charge in [0.05, 0.1) is 12.2 Å². The maximum atomic E-state index is 8.77. The van der Waals surface area contributed by atoms with Gasteiger partial charge in [-0.3, -0.25) is 0 Å². The number of rotatable bonds is 0. The van der Waals surface area contributed by atoms with Gasteiger partial charge in [0.25, 0.3) is 0 Å². The van der Waals surface area contributed by atoms with Crippen LogP contribution in [0, 0.1) is 0 Å². The highest BCUT2D eigenvalue weighted by molar-refractivity contribution is 4.83. The van der Waals surface area contributed by atoms with Crippen molar-refractivity contribution in [2.75, 3.05) is 0 Å². The SMILES string of the molecule is OC1[C@H](O)CC[C@@H]1O. The zero-order valence-corrected chi connectivity index (χ0v) is 4.49. The van der Waals surface area contributed by atoms with Crippen LogP contribution in [-0.4, -0.2) is 33.6 Å². The van der Waals surface area contributed by atoms with E-state index in [4.69, 9.17) is 15.3 Å². The van der Waals surface area contributed by atoms with Crippen LogP contribution in [0.25, 0.3) is 0 Å². The number of hydrogen-bond acceptors (Lipinski definition) is 3. The molecule has 0 bridgehead atoms. The average Bonchev–Trinajstić information content (AvgIpc) is 1.98. The van der Waals surface area contributed by atoms with Crippen LogP contribution in [-0.2, 0) is 0 Å². The Balaban J connectivity index is 2.44. The van der Waals surface area contributed by atoms with Crippen molar-refractivity contribution in [3.05, 3.63) is 0 Å². The van der Waals surface area contributed by atoms with Gasteiger partial charge in [-0.2, -0.15) is 0 Å². The van der Waals surface area contributed by atoms with E-state index in [1.54, 1.807) is 0 Å². The zero-order valence-electron chi connectivity index (χ0n) is 4.49. The molecule has 1 aliphatic carbocycles. The van der Waals surface area contributed by atoms with E-state index in [1.807, 2.05) is 0 Å². The van der Waals surface area contributed by atoms with Crippen LogP contribution in [0.2, 0.25) is 0 Å². The number of hydrogen-bond donors (Lipinski definition) is 3. The average molecular weight is 118 g/mol. The molecule has 1 fully saturated rings. The van der Waals surface area contributed by atoms with Gasteiger partial charge in [-0.05, 0) is 12.8 Å². The Morgan fingerprint density at radius 2 is 1.25 bits per heavy atom. The molecule has 1 saturated carbocycles. The topological polar surface area (TPSA) is 60.7 Å². The minimum absolute atomic E-state index is 0.516. The molecule has 0 aliphatic heterocycles. The second-order valence-electron chi connectivity index (χ2n) is 2.20. The molecule has 1 unspecified atom stereocenters. The van der Waals surface area contributed by atoms with Gasteiger partial charge < -0.3 is 15.3 Å². The van der Waals surface area contributed by atoms with Crippen LogP contribution in [0.5, 0.6) is 0 Å². The standard InChI is InChI=1S/C5H10O3/c6-3-1-2-4(7)5(3)8/h3-8H,1-2H2/t3-,4+,5?. The molecular formula is C5H10O3. The Bertz CT molecular complexity index is 73.7. The van der Waals surface area contributed by atoms with Gasteiger partial charge in [0.2, 0.25) is 0 Å². The predicted molar refractivity (Wildman–Crippen MR) is 27.3 cm³/mol. The molecule has 0 aromatic carbocycles. The third-order valence-electron chi connectivity index (χ3n) is 1.55. The lowest BCUT2D eigenvalue weighted by atomic mass is 10.2. The number of aliphatic hydroxyl groups is 3. The van der Waals surface area contributed by atoms with Crippen LogP contribution in [0.4, 0.5) is 0 Å². The van der Waals surface area contributed by atoms with E-state index in [0.29, 0.717) is 12.8 Å². The van der Waals surface area contributed by atoms with E-state index in [2.05, 4.69) is 0 Å². The van der Waals surface area contributed by atoms with Gasteiger partial charge in [-0.25, -0.2) is 0 Å². The number of aliphatic hydroxyl groups excluding tert-OH is 3. The van der Waals surface area contributed by atoms with Crippen LogP contribution in [0.3, 0.4) is 0 Å². The summed E-state index contributed by atoms with van der Waals surface area (Å²) in [4.78, 5) is 0. The first-order valence-electron chi connectivity index (χ1n) is 2.76. The third-order valence-corrected chi connectivity index (χ3v) is 1.55. The minimum atomic E-state index is -0.907. The van der Waals surface area contributed by atoms with Gasteiger partial charge in [0.1, 0.15) is 6.10 Å². The van der Waals surface area contributed by atoms with E-state index in [-0.39, 0.29) is 0 Å². The maximum Gasteiger partial charge on any atom is 0.106 e. The lowest BCUT2D eigenvalue weighted by Crippen LogP contribution is -2.28. The summed E-state index contributed by atoms with van der Waals surface area (Å²) >= 11 is 0. The molecule has 3 nitrogen and oxygen atoms in total. The van der Waals surface area contributed by atoms with Crippen molar-refractivity contribution in [2.24, 2.45) is 0 Å². The summed E-state index contributed by atoms with van der Waals surface area (Å²) < 4.78 is 0. The summed E-state index contributed by atoms with van der Waals surface area (Å²) in [7, 11) is 0. The highest BCUT2D eigenvalue weighted by Crippen LogP contribution is 2.18. The largest absolute Gasteiger partial charge is 0.390 e. The molecule has 0 saturated heterocycles. The first-order valence-corrected chi connectivity index (χ1v) is 2.76. The molecule has 3 heteroatoms. The summed E-state index contributed by atoms with van der Waals surface area (Å²) in [5, 5.41) is 26.3. The molecular weight excluding hydrogens is 108 g/mol. The Labute approximate surface area is 47.6 Å². The fourth-order valence-corrected chi connectivity index (χ4v) is 0.939. The van der Waals surface area contributed by atoms with Crippen LogP contribution in [0.1, 0.15) is 12.8 Å². The molecule has 0 radical (unpaired) electrons. The zero-order chi connectivity index (χ0) is 6.15. The highest BCUT2D eigenvalue weighted by atomic mass is 16.4. The molecule has 8 heavy (non-hydrogen) atoms. The van der Waals surface area contributed by atoms with E-state index < -0.39 is 18.3 Å². The van der Waals surface area contributed by atoms with Crippen LogP contribution in [0.15, 0.2) is 0 Å². The molecule has 3 N–H and O–H groups in total. The lowest BCUT2D eigenvalue weighted by molar-refractivity contribution is -0.0182. The Morgan fingerprint density at radius 3 is 1.38 bits per heavy atom. The molecule has 1 aliphatic rings. The van der Waals surface area contributed by atoms with E-state index >= 15 is 0 Å². The van der Waals surface area contributed by atoms with Crippen molar-refractivity contribution >= 4 is 0 Å². The maximum absolute atomic E-state index is 8.77. The highest BCUT2D eigenvalue weighted by Gasteiger charge is 2.31. The normalized spacial score (nSPS) is 47.6. The molecule has 0 spiro atoms. The second kappa shape index (κ2) is 2.01. The first-order chi connectivity index (χ1) is 3.72. The predicted octanol–water partition coefficient (Wildman–Crippen LogP) is -1.14.